The summed E-state index contributed by atoms with van der Waals surface area (Å²) in [6.07, 6.45) is 2.92. The number of aryl methyl sites for hydroxylation is 1. The Morgan fingerprint density at radius 3 is 2.05 bits per heavy atom. The number of ether oxygens (including phenoxy) is 1. The first-order valence-electron chi connectivity index (χ1n) is 15.0. The number of hydrogen-bond donors (Lipinski definition) is 2. The minimum absolute atomic E-state index is 0.0281. The van der Waals surface area contributed by atoms with Crippen molar-refractivity contribution in [2.45, 2.75) is 114 Å². The standard InChI is InChI=1S/C20H18ClF3N2O3S.C5H12.2C4H10/c1-3-4-29-9-11-6-12(20(22,23)24)7-15-16(11)25-19(30-15)26-18(28)14-8-13(21)5-10(2)17(14)27;1-3-5-4-2;1-4(2)3;1-3-4-2/h5-8,27H,3-4,9H2,1-2H3,(H,25,26,28);3-5H2,1-2H3;4H,1-3H3;3-4H2,1-2H3. The number of thiazole rings is 1. The summed E-state index contributed by atoms with van der Waals surface area (Å²) in [5.74, 6) is -0.0667. The number of halogens is 4. The molecule has 0 spiro atoms. The highest BCUT2D eigenvalue weighted by Gasteiger charge is 2.32. The molecule has 0 atom stereocenters. The highest BCUT2D eigenvalue weighted by atomic mass is 35.5. The normalized spacial score (nSPS) is 10.7. The fourth-order valence-electron chi connectivity index (χ4n) is 3.18. The van der Waals surface area contributed by atoms with Gasteiger partial charge in [-0.25, -0.2) is 4.98 Å². The number of alkyl halides is 3. The maximum absolute atomic E-state index is 13.3. The highest BCUT2D eigenvalue weighted by Crippen LogP contribution is 2.37. The number of phenolic OH excluding ortho intramolecular Hbond substituents is 1. The van der Waals surface area contributed by atoms with E-state index in [0.717, 1.165) is 35.8 Å². The van der Waals surface area contributed by atoms with Crippen LogP contribution in [0.15, 0.2) is 24.3 Å². The van der Waals surface area contributed by atoms with Crippen LogP contribution in [0.3, 0.4) is 0 Å². The fourth-order valence-corrected chi connectivity index (χ4v) is 4.40. The summed E-state index contributed by atoms with van der Waals surface area (Å²) in [7, 11) is 0. The average molecular weight is 647 g/mol. The molecular weight excluding hydrogens is 597 g/mol. The molecule has 0 aliphatic rings. The number of anilines is 1. The van der Waals surface area contributed by atoms with Crippen LogP contribution in [-0.4, -0.2) is 22.6 Å². The summed E-state index contributed by atoms with van der Waals surface area (Å²) in [4.78, 5) is 16.8. The van der Waals surface area contributed by atoms with Crippen molar-refractivity contribution in [3.8, 4) is 5.75 Å². The molecule has 1 aromatic heterocycles. The van der Waals surface area contributed by atoms with Gasteiger partial charge in [-0.1, -0.05) is 110 Å². The summed E-state index contributed by atoms with van der Waals surface area (Å²) >= 11 is 6.86. The van der Waals surface area contributed by atoms with Crippen molar-refractivity contribution in [3.63, 3.8) is 0 Å². The summed E-state index contributed by atoms with van der Waals surface area (Å²) < 4.78 is 45.5. The van der Waals surface area contributed by atoms with Crippen LogP contribution in [0.25, 0.3) is 10.2 Å². The Morgan fingerprint density at radius 2 is 1.58 bits per heavy atom. The van der Waals surface area contributed by atoms with E-state index in [1.54, 1.807) is 6.92 Å². The van der Waals surface area contributed by atoms with E-state index in [4.69, 9.17) is 16.3 Å². The molecule has 0 saturated heterocycles. The molecule has 0 aliphatic heterocycles. The third kappa shape index (κ3) is 15.8. The van der Waals surface area contributed by atoms with E-state index in [9.17, 15) is 23.1 Å². The van der Waals surface area contributed by atoms with Crippen molar-refractivity contribution in [1.29, 1.82) is 0 Å². The Hall–Kier alpha value is -2.36. The van der Waals surface area contributed by atoms with Crippen molar-refractivity contribution in [3.05, 3.63) is 51.5 Å². The van der Waals surface area contributed by atoms with Crippen molar-refractivity contribution in [1.82, 2.24) is 4.98 Å². The van der Waals surface area contributed by atoms with E-state index in [2.05, 4.69) is 58.8 Å². The molecule has 0 saturated carbocycles. The molecule has 0 aliphatic carbocycles. The number of nitrogens with one attached hydrogen (secondary N) is 1. The van der Waals surface area contributed by atoms with Gasteiger partial charge >= 0.3 is 6.18 Å². The first kappa shape index (κ1) is 40.6. The molecule has 0 radical (unpaired) electrons. The lowest BCUT2D eigenvalue weighted by Crippen LogP contribution is -2.12. The average Bonchev–Trinajstić information content (AvgIpc) is 3.33. The number of rotatable bonds is 9. The maximum Gasteiger partial charge on any atom is 0.416 e. The predicted octanol–water partition coefficient (Wildman–Crippen LogP) is 11.8. The first-order chi connectivity index (χ1) is 20.2. The molecule has 1 heterocycles. The quantitative estimate of drug-likeness (QED) is 0.227. The van der Waals surface area contributed by atoms with Gasteiger partial charge in [0.25, 0.3) is 5.91 Å². The molecule has 1 amide bonds. The number of hydrogen-bond acceptors (Lipinski definition) is 5. The number of fused-ring (bicyclic) bond motifs is 1. The molecule has 3 rings (SSSR count). The number of aromatic hydroxyl groups is 1. The molecule has 0 unspecified atom stereocenters. The lowest BCUT2D eigenvalue weighted by Gasteiger charge is -2.10. The smallest absolute Gasteiger partial charge is 0.416 e. The minimum atomic E-state index is -4.52. The number of aromatic nitrogens is 1. The Balaban J connectivity index is 0.00000114. The lowest BCUT2D eigenvalue weighted by atomic mass is 10.1. The number of carbonyl (C=O) groups excluding carboxylic acids is 1. The second-order valence-electron chi connectivity index (χ2n) is 10.7. The molecule has 0 bridgehead atoms. The molecular formula is C33H50ClF3N2O3S. The molecule has 2 N–H and O–H groups in total. The van der Waals surface area contributed by atoms with Gasteiger partial charge in [0.05, 0.1) is 28.0 Å². The van der Waals surface area contributed by atoms with Crippen LogP contribution in [0.4, 0.5) is 18.3 Å². The summed E-state index contributed by atoms with van der Waals surface area (Å²) in [5.41, 5.74) is 0.163. The third-order valence-electron chi connectivity index (χ3n) is 5.44. The SMILES string of the molecule is CC(C)C.CCCC.CCCCC.CCCOCc1cc(C(F)(F)F)cc2sc(NC(=O)c3cc(Cl)cc(C)c3O)nc12. The summed E-state index contributed by atoms with van der Waals surface area (Å²) in [6, 6.07) is 4.81. The molecule has 244 valence electrons. The van der Waals surface area contributed by atoms with Crippen LogP contribution in [0.1, 0.15) is 121 Å². The number of benzene rings is 2. The molecule has 0 fully saturated rings. The Kier molecular flexibility index (Phi) is 20.2. The van der Waals surface area contributed by atoms with E-state index in [-0.39, 0.29) is 38.3 Å². The van der Waals surface area contributed by atoms with Gasteiger partial charge in [0, 0.05) is 17.2 Å². The van der Waals surface area contributed by atoms with Gasteiger partial charge in [0.2, 0.25) is 0 Å². The van der Waals surface area contributed by atoms with Crippen molar-refractivity contribution in [2.24, 2.45) is 5.92 Å². The topological polar surface area (TPSA) is 71.5 Å². The zero-order valence-corrected chi connectivity index (χ0v) is 28.7. The van der Waals surface area contributed by atoms with E-state index in [1.807, 2.05) is 6.92 Å². The van der Waals surface area contributed by atoms with Gasteiger partial charge in [0.1, 0.15) is 5.75 Å². The number of amides is 1. The Labute approximate surface area is 265 Å². The molecule has 5 nitrogen and oxygen atoms in total. The van der Waals surface area contributed by atoms with Gasteiger partial charge in [-0.15, -0.1) is 0 Å². The van der Waals surface area contributed by atoms with Crippen LogP contribution in [0, 0.1) is 12.8 Å². The van der Waals surface area contributed by atoms with E-state index in [1.165, 1.54) is 44.2 Å². The first-order valence-corrected chi connectivity index (χ1v) is 16.2. The molecule has 3 aromatic rings. The van der Waals surface area contributed by atoms with Gasteiger partial charge in [-0.3, -0.25) is 10.1 Å². The number of carbonyl (C=O) groups is 1. The van der Waals surface area contributed by atoms with Crippen molar-refractivity contribution < 1.29 is 27.8 Å². The van der Waals surface area contributed by atoms with E-state index in [0.29, 0.717) is 17.7 Å². The zero-order valence-electron chi connectivity index (χ0n) is 27.2. The second kappa shape index (κ2) is 21.4. The molecule has 10 heteroatoms. The highest BCUT2D eigenvalue weighted by molar-refractivity contribution is 7.22. The number of phenols is 1. The Bertz CT molecular complexity index is 1220. The zero-order chi connectivity index (χ0) is 33.2. The van der Waals surface area contributed by atoms with E-state index >= 15 is 0 Å². The van der Waals surface area contributed by atoms with Gasteiger partial charge in [-0.2, -0.15) is 13.2 Å². The fraction of sp³-hybridized carbons (Fsp3) is 0.576. The van der Waals surface area contributed by atoms with Crippen molar-refractivity contribution >= 4 is 44.2 Å². The van der Waals surface area contributed by atoms with Crippen molar-refractivity contribution in [2.75, 3.05) is 11.9 Å². The largest absolute Gasteiger partial charge is 0.507 e. The van der Waals surface area contributed by atoms with Crippen LogP contribution in [0.5, 0.6) is 5.75 Å². The van der Waals surface area contributed by atoms with Gasteiger partial charge < -0.3 is 9.84 Å². The summed E-state index contributed by atoms with van der Waals surface area (Å²) in [5, 5.41) is 13.0. The maximum atomic E-state index is 13.3. The third-order valence-corrected chi connectivity index (χ3v) is 6.58. The van der Waals surface area contributed by atoms with Crippen LogP contribution >= 0.6 is 22.9 Å². The monoisotopic (exact) mass is 646 g/mol. The second-order valence-corrected chi connectivity index (χ2v) is 12.2. The number of unbranched alkanes of at least 4 members (excludes halogenated alkanes) is 3. The minimum Gasteiger partial charge on any atom is -0.507 e. The van der Waals surface area contributed by atoms with Gasteiger partial charge in [0.15, 0.2) is 5.13 Å². The van der Waals surface area contributed by atoms with Crippen LogP contribution in [0.2, 0.25) is 5.02 Å². The predicted molar refractivity (Wildman–Crippen MR) is 177 cm³/mol. The van der Waals surface area contributed by atoms with Gasteiger partial charge in [-0.05, 0) is 49.1 Å². The molecule has 2 aromatic carbocycles. The lowest BCUT2D eigenvalue weighted by molar-refractivity contribution is -0.137. The van der Waals surface area contributed by atoms with Crippen LogP contribution in [-0.2, 0) is 17.5 Å². The Morgan fingerprint density at radius 1 is 1.00 bits per heavy atom. The number of nitrogens with zero attached hydrogens (tertiary/aromatic N) is 1. The van der Waals surface area contributed by atoms with Crippen LogP contribution < -0.4 is 5.32 Å². The summed E-state index contributed by atoms with van der Waals surface area (Å²) in [6.45, 7) is 19.1. The molecule has 43 heavy (non-hydrogen) atoms. The van der Waals surface area contributed by atoms with E-state index < -0.39 is 17.6 Å².